The van der Waals surface area contributed by atoms with Gasteiger partial charge in [-0.15, -0.1) is 11.3 Å². The molecule has 2 fully saturated rings. The number of nitrogens with zero attached hydrogens (tertiary/aromatic N) is 1. The summed E-state index contributed by atoms with van der Waals surface area (Å²) in [5, 5.41) is 0. The lowest BCUT2D eigenvalue weighted by Crippen LogP contribution is -2.46. The van der Waals surface area contributed by atoms with Gasteiger partial charge in [0.15, 0.2) is 0 Å². The summed E-state index contributed by atoms with van der Waals surface area (Å²) in [6.45, 7) is 3.15. The van der Waals surface area contributed by atoms with Crippen LogP contribution in [0.4, 0.5) is 0 Å². The number of nitrogens with two attached hydrogens (primary N) is 1. The molecule has 0 radical (unpaired) electrons. The SMILES string of the molecule is NCc1ccc(CN2CCC[C@H]3CCCC[C@H]32)s1. The number of hydrogen-bond donors (Lipinski definition) is 1. The molecular weight excluding hydrogens is 240 g/mol. The summed E-state index contributed by atoms with van der Waals surface area (Å²) in [6.07, 6.45) is 8.68. The van der Waals surface area contributed by atoms with Crippen molar-refractivity contribution in [1.82, 2.24) is 4.90 Å². The smallest absolute Gasteiger partial charge is 0.0331 e. The summed E-state index contributed by atoms with van der Waals surface area (Å²) in [4.78, 5) is 5.57. The molecule has 0 aromatic carbocycles. The molecule has 100 valence electrons. The average molecular weight is 264 g/mol. The molecule has 1 saturated heterocycles. The zero-order valence-electron chi connectivity index (χ0n) is 11.1. The highest BCUT2D eigenvalue weighted by molar-refractivity contribution is 7.11. The lowest BCUT2D eigenvalue weighted by Gasteiger charge is -2.44. The molecule has 3 rings (SSSR count). The number of fused-ring (bicyclic) bond motifs is 1. The summed E-state index contributed by atoms with van der Waals surface area (Å²) >= 11 is 1.90. The Hall–Kier alpha value is -0.380. The fraction of sp³-hybridized carbons (Fsp3) is 0.733. The van der Waals surface area contributed by atoms with Crippen LogP contribution in [0.15, 0.2) is 12.1 Å². The van der Waals surface area contributed by atoms with Gasteiger partial charge in [-0.1, -0.05) is 12.8 Å². The summed E-state index contributed by atoms with van der Waals surface area (Å²) in [5.74, 6) is 0.987. The van der Waals surface area contributed by atoms with Crippen LogP contribution in [0, 0.1) is 5.92 Å². The van der Waals surface area contributed by atoms with Gasteiger partial charge in [-0.25, -0.2) is 0 Å². The topological polar surface area (TPSA) is 29.3 Å². The van der Waals surface area contributed by atoms with E-state index in [9.17, 15) is 0 Å². The Bertz CT molecular complexity index is 386. The number of thiophene rings is 1. The van der Waals surface area contributed by atoms with Gasteiger partial charge in [0.2, 0.25) is 0 Å². The normalized spacial score (nSPS) is 29.2. The van der Waals surface area contributed by atoms with Gasteiger partial charge in [-0.05, 0) is 50.3 Å². The Morgan fingerprint density at radius 1 is 1.11 bits per heavy atom. The lowest BCUT2D eigenvalue weighted by molar-refractivity contribution is 0.0555. The number of hydrogen-bond acceptors (Lipinski definition) is 3. The van der Waals surface area contributed by atoms with Gasteiger partial charge >= 0.3 is 0 Å². The van der Waals surface area contributed by atoms with E-state index in [0.29, 0.717) is 6.54 Å². The van der Waals surface area contributed by atoms with E-state index in [4.69, 9.17) is 5.73 Å². The van der Waals surface area contributed by atoms with Crippen molar-refractivity contribution in [3.8, 4) is 0 Å². The molecule has 2 atom stereocenters. The van der Waals surface area contributed by atoms with E-state index < -0.39 is 0 Å². The molecule has 18 heavy (non-hydrogen) atoms. The molecule has 0 spiro atoms. The third kappa shape index (κ3) is 2.63. The molecular formula is C15H24N2S. The molecule has 1 saturated carbocycles. The van der Waals surface area contributed by atoms with E-state index in [-0.39, 0.29) is 0 Å². The van der Waals surface area contributed by atoms with Crippen LogP contribution in [-0.4, -0.2) is 17.5 Å². The van der Waals surface area contributed by atoms with Gasteiger partial charge in [0.1, 0.15) is 0 Å². The first kappa shape index (κ1) is 12.6. The number of rotatable bonds is 3. The Balaban J connectivity index is 1.66. The van der Waals surface area contributed by atoms with Gasteiger partial charge in [-0.3, -0.25) is 4.90 Å². The molecule has 2 heterocycles. The highest BCUT2D eigenvalue weighted by Crippen LogP contribution is 2.36. The molecule has 0 amide bonds. The molecule has 1 aliphatic heterocycles. The quantitative estimate of drug-likeness (QED) is 0.907. The maximum Gasteiger partial charge on any atom is 0.0331 e. The summed E-state index contributed by atoms with van der Waals surface area (Å²) in [6, 6.07) is 5.35. The van der Waals surface area contributed by atoms with Crippen LogP contribution < -0.4 is 5.73 Å². The number of piperidine rings is 1. The number of likely N-dealkylation sites (tertiary alicyclic amines) is 1. The van der Waals surface area contributed by atoms with Crippen molar-refractivity contribution in [3.05, 3.63) is 21.9 Å². The third-order valence-electron chi connectivity index (χ3n) is 4.64. The highest BCUT2D eigenvalue weighted by Gasteiger charge is 2.33. The monoisotopic (exact) mass is 264 g/mol. The minimum atomic E-state index is 0.691. The molecule has 2 aliphatic rings. The van der Waals surface area contributed by atoms with E-state index >= 15 is 0 Å². The van der Waals surface area contributed by atoms with E-state index in [1.807, 2.05) is 11.3 Å². The standard InChI is InChI=1S/C15H24N2S/c16-10-13-7-8-14(18-13)11-17-9-3-5-12-4-1-2-6-15(12)17/h7-8,12,15H,1-6,9-11,16H2/t12-,15-/m1/s1. The van der Waals surface area contributed by atoms with Crippen molar-refractivity contribution >= 4 is 11.3 Å². The van der Waals surface area contributed by atoms with Crippen LogP contribution in [0.3, 0.4) is 0 Å². The maximum absolute atomic E-state index is 5.70. The largest absolute Gasteiger partial charge is 0.326 e. The molecule has 2 N–H and O–H groups in total. The first-order valence-electron chi connectivity index (χ1n) is 7.38. The molecule has 0 unspecified atom stereocenters. The van der Waals surface area contributed by atoms with Crippen LogP contribution in [-0.2, 0) is 13.1 Å². The van der Waals surface area contributed by atoms with E-state index in [1.165, 1.54) is 54.8 Å². The second-order valence-corrected chi connectivity index (χ2v) is 7.05. The van der Waals surface area contributed by atoms with E-state index in [0.717, 1.165) is 18.5 Å². The summed E-state index contributed by atoms with van der Waals surface area (Å²) in [7, 11) is 0. The van der Waals surface area contributed by atoms with E-state index in [2.05, 4.69) is 17.0 Å². The summed E-state index contributed by atoms with van der Waals surface area (Å²) in [5.41, 5.74) is 5.70. The van der Waals surface area contributed by atoms with Crippen molar-refractivity contribution < 1.29 is 0 Å². The molecule has 1 aromatic rings. The minimum Gasteiger partial charge on any atom is -0.326 e. The van der Waals surface area contributed by atoms with Crippen LogP contribution >= 0.6 is 11.3 Å². The zero-order chi connectivity index (χ0) is 12.4. The predicted molar refractivity (Wildman–Crippen MR) is 77.6 cm³/mol. The fourth-order valence-electron chi connectivity index (χ4n) is 3.74. The Morgan fingerprint density at radius 2 is 1.89 bits per heavy atom. The first-order chi connectivity index (χ1) is 8.86. The van der Waals surface area contributed by atoms with Gasteiger partial charge in [0.25, 0.3) is 0 Å². The summed E-state index contributed by atoms with van der Waals surface area (Å²) < 4.78 is 0. The van der Waals surface area contributed by atoms with Crippen molar-refractivity contribution in [3.63, 3.8) is 0 Å². The predicted octanol–water partition coefficient (Wildman–Crippen LogP) is 3.36. The molecule has 2 nitrogen and oxygen atoms in total. The van der Waals surface area contributed by atoms with Gasteiger partial charge in [-0.2, -0.15) is 0 Å². The van der Waals surface area contributed by atoms with Crippen LogP contribution in [0.2, 0.25) is 0 Å². The highest BCUT2D eigenvalue weighted by atomic mass is 32.1. The Kier molecular flexibility index (Phi) is 4.02. The van der Waals surface area contributed by atoms with Gasteiger partial charge in [0, 0.05) is 28.9 Å². The molecule has 3 heteroatoms. The van der Waals surface area contributed by atoms with Crippen LogP contribution in [0.1, 0.15) is 48.3 Å². The van der Waals surface area contributed by atoms with Gasteiger partial charge < -0.3 is 5.73 Å². The third-order valence-corrected chi connectivity index (χ3v) is 5.73. The second kappa shape index (κ2) is 5.72. The van der Waals surface area contributed by atoms with Crippen molar-refractivity contribution in [2.24, 2.45) is 11.7 Å². The van der Waals surface area contributed by atoms with Gasteiger partial charge in [0.05, 0.1) is 0 Å². The van der Waals surface area contributed by atoms with Crippen LogP contribution in [0.25, 0.3) is 0 Å². The van der Waals surface area contributed by atoms with Crippen molar-refractivity contribution in [2.75, 3.05) is 6.54 Å². The van der Waals surface area contributed by atoms with Crippen molar-refractivity contribution in [2.45, 2.75) is 57.7 Å². The average Bonchev–Trinajstić information content (AvgIpc) is 2.87. The Morgan fingerprint density at radius 3 is 2.72 bits per heavy atom. The molecule has 1 aromatic heterocycles. The van der Waals surface area contributed by atoms with Crippen LogP contribution in [0.5, 0.6) is 0 Å². The minimum absolute atomic E-state index is 0.691. The maximum atomic E-state index is 5.70. The second-order valence-electron chi connectivity index (χ2n) is 5.80. The fourth-order valence-corrected chi connectivity index (χ4v) is 4.66. The van der Waals surface area contributed by atoms with Crippen molar-refractivity contribution in [1.29, 1.82) is 0 Å². The molecule has 1 aliphatic carbocycles. The first-order valence-corrected chi connectivity index (χ1v) is 8.20. The Labute approximate surface area is 114 Å². The van der Waals surface area contributed by atoms with E-state index in [1.54, 1.807) is 0 Å². The lowest BCUT2D eigenvalue weighted by atomic mass is 9.78. The zero-order valence-corrected chi connectivity index (χ0v) is 11.9. The molecule has 0 bridgehead atoms.